The Morgan fingerprint density at radius 2 is 2.03 bits per heavy atom. The fourth-order valence-electron chi connectivity index (χ4n) is 4.48. The van der Waals surface area contributed by atoms with E-state index in [0.717, 1.165) is 23.2 Å². The summed E-state index contributed by atoms with van der Waals surface area (Å²) in [7, 11) is 0. The molecule has 0 saturated carbocycles. The summed E-state index contributed by atoms with van der Waals surface area (Å²) in [4.78, 5) is 28.7. The van der Waals surface area contributed by atoms with E-state index >= 15 is 0 Å². The summed E-state index contributed by atoms with van der Waals surface area (Å²) < 4.78 is 1.83. The van der Waals surface area contributed by atoms with Gasteiger partial charge in [-0.2, -0.15) is 5.10 Å². The van der Waals surface area contributed by atoms with Crippen LogP contribution >= 0.6 is 11.3 Å². The fraction of sp³-hybridized carbons (Fsp3) is 0.375. The van der Waals surface area contributed by atoms with E-state index in [-0.39, 0.29) is 11.8 Å². The van der Waals surface area contributed by atoms with Gasteiger partial charge in [0.05, 0.1) is 5.41 Å². The SMILES string of the molecule is Cc1ccnn1CCC(=O)N1CCCC(Cc2ccccc2-c2cccs2)(C(N)=O)C1. The molecule has 1 saturated heterocycles. The molecule has 0 radical (unpaired) electrons. The number of nitrogens with zero attached hydrogens (tertiary/aromatic N) is 3. The third-order valence-electron chi connectivity index (χ3n) is 6.25. The van der Waals surface area contributed by atoms with Crippen molar-refractivity contribution >= 4 is 23.2 Å². The van der Waals surface area contributed by atoms with Crippen LogP contribution in [-0.4, -0.2) is 39.6 Å². The van der Waals surface area contributed by atoms with Gasteiger partial charge in [0.15, 0.2) is 0 Å². The van der Waals surface area contributed by atoms with Crippen molar-refractivity contribution in [3.05, 3.63) is 65.3 Å². The summed E-state index contributed by atoms with van der Waals surface area (Å²) in [5.41, 5.74) is 8.48. The van der Waals surface area contributed by atoms with Crippen molar-refractivity contribution in [2.75, 3.05) is 13.1 Å². The summed E-state index contributed by atoms with van der Waals surface area (Å²) in [6.07, 6.45) is 4.12. The van der Waals surface area contributed by atoms with Gasteiger partial charge >= 0.3 is 0 Å². The third-order valence-corrected chi connectivity index (χ3v) is 7.15. The molecule has 0 spiro atoms. The van der Waals surface area contributed by atoms with Gasteiger partial charge in [-0.1, -0.05) is 30.3 Å². The molecule has 1 unspecified atom stereocenters. The number of aryl methyl sites for hydroxylation is 2. The van der Waals surface area contributed by atoms with E-state index in [1.165, 1.54) is 4.88 Å². The predicted molar refractivity (Wildman–Crippen MR) is 122 cm³/mol. The van der Waals surface area contributed by atoms with Gasteiger partial charge in [-0.3, -0.25) is 14.3 Å². The first-order chi connectivity index (χ1) is 15.0. The molecular formula is C24H28N4O2S. The Morgan fingerprint density at radius 3 is 2.74 bits per heavy atom. The van der Waals surface area contributed by atoms with Crippen molar-refractivity contribution in [3.8, 4) is 10.4 Å². The van der Waals surface area contributed by atoms with E-state index in [9.17, 15) is 9.59 Å². The summed E-state index contributed by atoms with van der Waals surface area (Å²) in [5.74, 6) is -0.277. The maximum Gasteiger partial charge on any atom is 0.225 e. The van der Waals surface area contributed by atoms with E-state index in [1.807, 2.05) is 40.8 Å². The van der Waals surface area contributed by atoms with Crippen LogP contribution in [0.3, 0.4) is 0 Å². The van der Waals surface area contributed by atoms with Crippen molar-refractivity contribution in [1.82, 2.24) is 14.7 Å². The topological polar surface area (TPSA) is 81.2 Å². The van der Waals surface area contributed by atoms with Gasteiger partial charge in [0.1, 0.15) is 0 Å². The molecule has 1 aromatic carbocycles. The van der Waals surface area contributed by atoms with E-state index in [2.05, 4.69) is 28.7 Å². The molecule has 1 atom stereocenters. The Balaban J connectivity index is 1.52. The Kier molecular flexibility index (Phi) is 6.23. The average Bonchev–Trinajstić information content (AvgIpc) is 3.44. The molecule has 0 bridgehead atoms. The standard InChI is InChI=1S/C24H28N4O2S/c1-18-9-12-26-28(18)14-10-22(29)27-13-5-11-24(17-27,23(25)30)16-19-6-2-3-7-20(19)21-8-4-15-31-21/h2-4,6-9,12,15H,5,10-11,13-14,16-17H2,1H3,(H2,25,30). The van der Waals surface area contributed by atoms with Crippen LogP contribution in [0.4, 0.5) is 0 Å². The molecule has 1 fully saturated rings. The first-order valence-electron chi connectivity index (χ1n) is 10.7. The second kappa shape index (κ2) is 9.06. The maximum atomic E-state index is 13.0. The number of aromatic nitrogens is 2. The van der Waals surface area contributed by atoms with Crippen LogP contribution < -0.4 is 5.73 Å². The highest BCUT2D eigenvalue weighted by atomic mass is 32.1. The number of likely N-dealkylation sites (tertiary alicyclic amines) is 1. The normalized spacial score (nSPS) is 18.8. The smallest absolute Gasteiger partial charge is 0.225 e. The zero-order valence-corrected chi connectivity index (χ0v) is 18.6. The molecule has 2 N–H and O–H groups in total. The molecule has 7 heteroatoms. The molecule has 1 aliphatic rings. The van der Waals surface area contributed by atoms with Gasteiger partial charge in [0.2, 0.25) is 11.8 Å². The largest absolute Gasteiger partial charge is 0.369 e. The molecule has 162 valence electrons. The van der Waals surface area contributed by atoms with Gasteiger partial charge in [0.25, 0.3) is 0 Å². The van der Waals surface area contributed by atoms with Gasteiger partial charge in [0, 0.05) is 42.8 Å². The highest BCUT2D eigenvalue weighted by Crippen LogP contribution is 2.37. The lowest BCUT2D eigenvalue weighted by Crippen LogP contribution is -2.53. The quantitative estimate of drug-likeness (QED) is 0.614. The number of rotatable bonds is 7. The number of thiophene rings is 1. The maximum absolute atomic E-state index is 13.0. The zero-order valence-electron chi connectivity index (χ0n) is 17.8. The summed E-state index contributed by atoms with van der Waals surface area (Å²) in [6.45, 7) is 3.55. The Hall–Kier alpha value is -2.93. The molecular weight excluding hydrogens is 408 g/mol. The minimum absolute atomic E-state index is 0.0479. The summed E-state index contributed by atoms with van der Waals surface area (Å²) in [5, 5.41) is 6.31. The molecule has 31 heavy (non-hydrogen) atoms. The minimum Gasteiger partial charge on any atom is -0.369 e. The lowest BCUT2D eigenvalue weighted by atomic mass is 9.73. The van der Waals surface area contributed by atoms with Crippen LogP contribution in [0.25, 0.3) is 10.4 Å². The van der Waals surface area contributed by atoms with Gasteiger partial charge < -0.3 is 10.6 Å². The Morgan fingerprint density at radius 1 is 1.19 bits per heavy atom. The molecule has 4 rings (SSSR count). The number of carbonyl (C=O) groups is 2. The van der Waals surface area contributed by atoms with E-state index in [4.69, 9.17) is 5.73 Å². The number of hydrogen-bond donors (Lipinski definition) is 1. The predicted octanol–water partition coefficient (Wildman–Crippen LogP) is 3.65. The van der Waals surface area contributed by atoms with Crippen LogP contribution in [0.1, 0.15) is 30.5 Å². The summed E-state index contributed by atoms with van der Waals surface area (Å²) >= 11 is 1.68. The molecule has 6 nitrogen and oxygen atoms in total. The van der Waals surface area contributed by atoms with Crippen molar-refractivity contribution in [2.24, 2.45) is 11.1 Å². The van der Waals surface area contributed by atoms with Crippen LogP contribution in [0.2, 0.25) is 0 Å². The van der Waals surface area contributed by atoms with Crippen molar-refractivity contribution in [3.63, 3.8) is 0 Å². The number of benzene rings is 1. The number of amides is 2. The molecule has 2 aromatic heterocycles. The van der Waals surface area contributed by atoms with Crippen LogP contribution in [-0.2, 0) is 22.6 Å². The molecule has 0 aliphatic carbocycles. The number of carbonyl (C=O) groups excluding carboxylic acids is 2. The highest BCUT2D eigenvalue weighted by Gasteiger charge is 2.42. The van der Waals surface area contributed by atoms with Crippen molar-refractivity contribution in [2.45, 2.75) is 39.2 Å². The van der Waals surface area contributed by atoms with Gasteiger partial charge in [-0.05, 0) is 54.8 Å². The summed E-state index contributed by atoms with van der Waals surface area (Å²) in [6, 6.07) is 14.2. The second-order valence-electron chi connectivity index (χ2n) is 8.32. The van der Waals surface area contributed by atoms with E-state index in [1.54, 1.807) is 17.5 Å². The Bertz CT molecular complexity index is 1060. The van der Waals surface area contributed by atoms with Crippen molar-refractivity contribution < 1.29 is 9.59 Å². The minimum atomic E-state index is -0.747. The number of primary amides is 1. The van der Waals surface area contributed by atoms with E-state index < -0.39 is 5.41 Å². The lowest BCUT2D eigenvalue weighted by Gasteiger charge is -2.41. The zero-order chi connectivity index (χ0) is 21.8. The monoisotopic (exact) mass is 436 g/mol. The first kappa shape index (κ1) is 21.3. The number of piperidine rings is 1. The van der Waals surface area contributed by atoms with E-state index in [0.29, 0.717) is 38.9 Å². The van der Waals surface area contributed by atoms with Crippen LogP contribution in [0, 0.1) is 12.3 Å². The van der Waals surface area contributed by atoms with Gasteiger partial charge in [-0.25, -0.2) is 0 Å². The molecule has 2 amide bonds. The molecule has 3 heterocycles. The van der Waals surface area contributed by atoms with Crippen LogP contribution in [0.15, 0.2) is 54.0 Å². The number of hydrogen-bond acceptors (Lipinski definition) is 4. The van der Waals surface area contributed by atoms with Gasteiger partial charge in [-0.15, -0.1) is 11.3 Å². The lowest BCUT2D eigenvalue weighted by molar-refractivity contribution is -0.140. The molecule has 3 aromatic rings. The first-order valence-corrected chi connectivity index (χ1v) is 11.5. The average molecular weight is 437 g/mol. The fourth-order valence-corrected chi connectivity index (χ4v) is 5.27. The third kappa shape index (κ3) is 4.56. The van der Waals surface area contributed by atoms with Crippen LogP contribution in [0.5, 0.6) is 0 Å². The van der Waals surface area contributed by atoms with Crippen molar-refractivity contribution in [1.29, 1.82) is 0 Å². The highest BCUT2D eigenvalue weighted by molar-refractivity contribution is 7.13. The molecule has 1 aliphatic heterocycles. The number of nitrogens with two attached hydrogens (primary N) is 1. The Labute approximate surface area is 186 Å². The second-order valence-corrected chi connectivity index (χ2v) is 9.27.